The number of hydrogen-bond donors (Lipinski definition) is 1. The highest BCUT2D eigenvalue weighted by Gasteiger charge is 2.21. The van der Waals surface area contributed by atoms with Crippen molar-refractivity contribution < 1.29 is 4.74 Å². The maximum absolute atomic E-state index is 5.85. The maximum atomic E-state index is 5.85. The fourth-order valence-corrected chi connectivity index (χ4v) is 2.87. The fourth-order valence-electron chi connectivity index (χ4n) is 2.87. The number of hydrogen-bond acceptors (Lipinski definition) is 3. The quantitative estimate of drug-likeness (QED) is 0.778. The lowest BCUT2D eigenvalue weighted by atomic mass is 9.99. The summed E-state index contributed by atoms with van der Waals surface area (Å²) < 4.78 is 5.85. The Balaban J connectivity index is 1.69. The molecule has 0 aromatic heterocycles. The van der Waals surface area contributed by atoms with E-state index in [1.807, 2.05) is 0 Å². The number of nitrogens with two attached hydrogens (primary N) is 1. The smallest absolute Gasteiger partial charge is 0.0599 e. The zero-order chi connectivity index (χ0) is 14.2. The molecule has 1 atom stereocenters. The Labute approximate surface area is 123 Å². The lowest BCUT2D eigenvalue weighted by Gasteiger charge is -2.33. The van der Waals surface area contributed by atoms with Gasteiger partial charge in [-0.15, -0.1) is 0 Å². The zero-order valence-electron chi connectivity index (χ0n) is 12.6. The summed E-state index contributed by atoms with van der Waals surface area (Å²) in [6.45, 7) is 7.34. The van der Waals surface area contributed by atoms with Crippen LogP contribution in [-0.4, -0.2) is 43.8 Å². The number of benzene rings is 1. The van der Waals surface area contributed by atoms with Gasteiger partial charge in [0.15, 0.2) is 0 Å². The lowest BCUT2D eigenvalue weighted by molar-refractivity contribution is 0.00642. The molecule has 0 spiro atoms. The van der Waals surface area contributed by atoms with Crippen molar-refractivity contribution in [2.24, 2.45) is 5.73 Å². The second-order valence-electron chi connectivity index (χ2n) is 5.82. The van der Waals surface area contributed by atoms with Crippen LogP contribution in [0.25, 0.3) is 0 Å². The molecule has 112 valence electrons. The first-order valence-electron chi connectivity index (χ1n) is 7.88. The van der Waals surface area contributed by atoms with Crippen molar-refractivity contribution >= 4 is 0 Å². The van der Waals surface area contributed by atoms with Crippen LogP contribution in [0.15, 0.2) is 30.3 Å². The van der Waals surface area contributed by atoms with E-state index in [1.54, 1.807) is 0 Å². The van der Waals surface area contributed by atoms with Crippen LogP contribution < -0.4 is 5.73 Å². The van der Waals surface area contributed by atoms with E-state index in [1.165, 1.54) is 5.56 Å². The summed E-state index contributed by atoms with van der Waals surface area (Å²) in [6, 6.07) is 10.8. The third-order valence-electron chi connectivity index (χ3n) is 4.14. The van der Waals surface area contributed by atoms with Crippen LogP contribution in [-0.2, 0) is 4.74 Å². The summed E-state index contributed by atoms with van der Waals surface area (Å²) in [5, 5.41) is 0. The Morgan fingerprint density at radius 3 is 2.60 bits per heavy atom. The molecule has 1 heterocycles. The van der Waals surface area contributed by atoms with Crippen LogP contribution in [0.1, 0.15) is 37.7 Å². The monoisotopic (exact) mass is 276 g/mol. The molecule has 3 heteroatoms. The van der Waals surface area contributed by atoms with Gasteiger partial charge in [0.2, 0.25) is 0 Å². The molecule has 1 saturated heterocycles. The SMILES string of the molecule is CC(CN1CCC(OCCCN)CC1)c1ccccc1. The van der Waals surface area contributed by atoms with E-state index in [9.17, 15) is 0 Å². The molecule has 2 N–H and O–H groups in total. The topological polar surface area (TPSA) is 38.5 Å². The third kappa shape index (κ3) is 4.89. The molecule has 1 unspecified atom stereocenters. The second-order valence-corrected chi connectivity index (χ2v) is 5.82. The summed E-state index contributed by atoms with van der Waals surface area (Å²) >= 11 is 0. The van der Waals surface area contributed by atoms with Gasteiger partial charge < -0.3 is 15.4 Å². The number of ether oxygens (including phenoxy) is 1. The number of piperidine rings is 1. The van der Waals surface area contributed by atoms with E-state index in [0.29, 0.717) is 12.0 Å². The molecular weight excluding hydrogens is 248 g/mol. The lowest BCUT2D eigenvalue weighted by Crippen LogP contribution is -2.39. The summed E-state index contributed by atoms with van der Waals surface area (Å²) in [5.74, 6) is 0.603. The van der Waals surface area contributed by atoms with Crippen molar-refractivity contribution in [2.45, 2.75) is 38.2 Å². The molecule has 0 amide bonds. The Morgan fingerprint density at radius 1 is 1.25 bits per heavy atom. The Hall–Kier alpha value is -0.900. The molecule has 1 aliphatic heterocycles. The molecule has 1 aromatic carbocycles. The minimum absolute atomic E-state index is 0.449. The van der Waals surface area contributed by atoms with Gasteiger partial charge in [-0.2, -0.15) is 0 Å². The van der Waals surface area contributed by atoms with Gasteiger partial charge in [-0.05, 0) is 37.3 Å². The van der Waals surface area contributed by atoms with E-state index >= 15 is 0 Å². The van der Waals surface area contributed by atoms with Gasteiger partial charge in [0, 0.05) is 26.2 Å². The van der Waals surface area contributed by atoms with Crippen molar-refractivity contribution in [1.29, 1.82) is 0 Å². The Kier molecular flexibility index (Phi) is 6.51. The minimum atomic E-state index is 0.449. The first kappa shape index (κ1) is 15.5. The molecule has 2 rings (SSSR count). The van der Waals surface area contributed by atoms with Crippen LogP contribution >= 0.6 is 0 Å². The Bertz CT molecular complexity index is 361. The first-order chi connectivity index (χ1) is 9.79. The highest BCUT2D eigenvalue weighted by Crippen LogP contribution is 2.20. The molecule has 1 aliphatic rings. The Morgan fingerprint density at radius 2 is 1.95 bits per heavy atom. The molecular formula is C17H28N2O. The highest BCUT2D eigenvalue weighted by molar-refractivity contribution is 5.19. The summed E-state index contributed by atoms with van der Waals surface area (Å²) in [5.41, 5.74) is 6.93. The van der Waals surface area contributed by atoms with Crippen molar-refractivity contribution in [3.63, 3.8) is 0 Å². The van der Waals surface area contributed by atoms with Gasteiger partial charge in [-0.25, -0.2) is 0 Å². The van der Waals surface area contributed by atoms with E-state index in [-0.39, 0.29) is 0 Å². The molecule has 0 bridgehead atoms. The van der Waals surface area contributed by atoms with Crippen LogP contribution in [0.3, 0.4) is 0 Å². The van der Waals surface area contributed by atoms with Gasteiger partial charge >= 0.3 is 0 Å². The predicted octanol–water partition coefficient (Wildman–Crippen LogP) is 2.62. The molecule has 0 radical (unpaired) electrons. The van der Waals surface area contributed by atoms with Crippen LogP contribution in [0.4, 0.5) is 0 Å². The summed E-state index contributed by atoms with van der Waals surface area (Å²) in [4.78, 5) is 2.57. The molecule has 1 fully saturated rings. The maximum Gasteiger partial charge on any atom is 0.0599 e. The summed E-state index contributed by atoms with van der Waals surface area (Å²) in [6.07, 6.45) is 3.74. The fraction of sp³-hybridized carbons (Fsp3) is 0.647. The van der Waals surface area contributed by atoms with Crippen molar-refractivity contribution in [3.05, 3.63) is 35.9 Å². The molecule has 0 saturated carbocycles. The van der Waals surface area contributed by atoms with E-state index in [0.717, 1.165) is 52.0 Å². The van der Waals surface area contributed by atoms with Crippen molar-refractivity contribution in [1.82, 2.24) is 4.90 Å². The number of rotatable bonds is 7. The predicted molar refractivity (Wildman–Crippen MR) is 83.9 cm³/mol. The average Bonchev–Trinajstić information content (AvgIpc) is 2.50. The second kappa shape index (κ2) is 8.40. The van der Waals surface area contributed by atoms with Crippen LogP contribution in [0.5, 0.6) is 0 Å². The van der Waals surface area contributed by atoms with Gasteiger partial charge in [0.25, 0.3) is 0 Å². The third-order valence-corrected chi connectivity index (χ3v) is 4.14. The van der Waals surface area contributed by atoms with Gasteiger partial charge in [0.1, 0.15) is 0 Å². The standard InChI is InChI=1S/C17H28N2O/c1-15(16-6-3-2-4-7-16)14-19-11-8-17(9-12-19)20-13-5-10-18/h2-4,6-7,15,17H,5,8-14,18H2,1H3. The van der Waals surface area contributed by atoms with Gasteiger partial charge in [0.05, 0.1) is 6.10 Å². The van der Waals surface area contributed by atoms with E-state index < -0.39 is 0 Å². The van der Waals surface area contributed by atoms with Crippen LogP contribution in [0.2, 0.25) is 0 Å². The first-order valence-corrected chi connectivity index (χ1v) is 7.88. The van der Waals surface area contributed by atoms with E-state index in [2.05, 4.69) is 42.2 Å². The molecule has 3 nitrogen and oxygen atoms in total. The van der Waals surface area contributed by atoms with E-state index in [4.69, 9.17) is 10.5 Å². The molecule has 1 aromatic rings. The van der Waals surface area contributed by atoms with Gasteiger partial charge in [-0.1, -0.05) is 37.3 Å². The largest absolute Gasteiger partial charge is 0.378 e. The number of likely N-dealkylation sites (tertiary alicyclic amines) is 1. The van der Waals surface area contributed by atoms with Crippen molar-refractivity contribution in [3.8, 4) is 0 Å². The summed E-state index contributed by atoms with van der Waals surface area (Å²) in [7, 11) is 0. The normalized spacial score (nSPS) is 19.1. The zero-order valence-corrected chi connectivity index (χ0v) is 12.6. The van der Waals surface area contributed by atoms with Gasteiger partial charge in [-0.3, -0.25) is 0 Å². The minimum Gasteiger partial charge on any atom is -0.378 e. The average molecular weight is 276 g/mol. The molecule has 20 heavy (non-hydrogen) atoms. The number of nitrogens with zero attached hydrogens (tertiary/aromatic N) is 1. The van der Waals surface area contributed by atoms with Crippen LogP contribution in [0, 0.1) is 0 Å². The van der Waals surface area contributed by atoms with Crippen molar-refractivity contribution in [2.75, 3.05) is 32.8 Å². The molecule has 0 aliphatic carbocycles. The highest BCUT2D eigenvalue weighted by atomic mass is 16.5.